The second kappa shape index (κ2) is 9.39. The Bertz CT molecular complexity index is 932. The van der Waals surface area contributed by atoms with Gasteiger partial charge in [-0.2, -0.15) is 0 Å². The smallest absolute Gasteiger partial charge is 0.227 e. The number of nitrogens with one attached hydrogen (secondary N) is 1. The lowest BCUT2D eigenvalue weighted by Gasteiger charge is -2.18. The van der Waals surface area contributed by atoms with Gasteiger partial charge in [-0.25, -0.2) is 4.39 Å². The van der Waals surface area contributed by atoms with Crippen LogP contribution in [-0.2, 0) is 20.8 Å². The van der Waals surface area contributed by atoms with Gasteiger partial charge in [0, 0.05) is 31.3 Å². The van der Waals surface area contributed by atoms with Crippen molar-refractivity contribution in [2.75, 3.05) is 25.1 Å². The molecular weight excluding hydrogens is 389 g/mol. The van der Waals surface area contributed by atoms with Crippen LogP contribution in [0.1, 0.15) is 12.0 Å². The molecule has 0 bridgehead atoms. The SMILES string of the molecule is COc1cccc(N2CC(C(=O)NCC(Cc3ccc(F)cc3)C(N)=O)CC2=O)c1. The molecule has 1 fully saturated rings. The topological polar surface area (TPSA) is 102 Å². The lowest BCUT2D eigenvalue weighted by atomic mass is 9.98. The molecule has 3 amide bonds. The summed E-state index contributed by atoms with van der Waals surface area (Å²) in [5, 5.41) is 2.74. The molecule has 0 aromatic heterocycles. The fourth-order valence-electron chi connectivity index (χ4n) is 3.46. The summed E-state index contributed by atoms with van der Waals surface area (Å²) in [7, 11) is 1.54. The van der Waals surface area contributed by atoms with E-state index in [1.807, 2.05) is 0 Å². The molecule has 0 aliphatic carbocycles. The predicted molar refractivity (Wildman–Crippen MR) is 109 cm³/mol. The number of ether oxygens (including phenoxy) is 1. The minimum atomic E-state index is -0.633. The summed E-state index contributed by atoms with van der Waals surface area (Å²) in [6.07, 6.45) is 0.373. The van der Waals surface area contributed by atoms with E-state index in [0.717, 1.165) is 5.56 Å². The molecular formula is C22H24FN3O4. The Morgan fingerprint density at radius 3 is 2.67 bits per heavy atom. The fraction of sp³-hybridized carbons (Fsp3) is 0.318. The molecule has 1 saturated heterocycles. The highest BCUT2D eigenvalue weighted by Gasteiger charge is 2.35. The summed E-state index contributed by atoms with van der Waals surface area (Å²) in [4.78, 5) is 38.3. The number of hydrogen-bond donors (Lipinski definition) is 2. The molecule has 2 unspecified atom stereocenters. The molecule has 1 aliphatic rings. The number of methoxy groups -OCH3 is 1. The van der Waals surface area contributed by atoms with Crippen molar-refractivity contribution < 1.29 is 23.5 Å². The van der Waals surface area contributed by atoms with Gasteiger partial charge in [0.2, 0.25) is 17.7 Å². The van der Waals surface area contributed by atoms with E-state index in [-0.39, 0.29) is 43.6 Å². The third-order valence-electron chi connectivity index (χ3n) is 5.18. The maximum Gasteiger partial charge on any atom is 0.227 e. The van der Waals surface area contributed by atoms with Crippen LogP contribution in [0.25, 0.3) is 0 Å². The van der Waals surface area contributed by atoms with E-state index < -0.39 is 17.7 Å². The van der Waals surface area contributed by atoms with Crippen LogP contribution in [0.3, 0.4) is 0 Å². The van der Waals surface area contributed by atoms with Crippen LogP contribution in [0.15, 0.2) is 48.5 Å². The number of rotatable bonds is 8. The monoisotopic (exact) mass is 413 g/mol. The van der Waals surface area contributed by atoms with Crippen LogP contribution >= 0.6 is 0 Å². The van der Waals surface area contributed by atoms with Gasteiger partial charge < -0.3 is 20.7 Å². The summed E-state index contributed by atoms with van der Waals surface area (Å²) in [6, 6.07) is 12.9. The molecule has 0 radical (unpaired) electrons. The van der Waals surface area contributed by atoms with E-state index in [4.69, 9.17) is 10.5 Å². The van der Waals surface area contributed by atoms with Crippen LogP contribution in [-0.4, -0.2) is 37.9 Å². The number of hydrogen-bond acceptors (Lipinski definition) is 4. The lowest BCUT2D eigenvalue weighted by Crippen LogP contribution is -2.40. The Kier molecular flexibility index (Phi) is 6.66. The van der Waals surface area contributed by atoms with Gasteiger partial charge in [0.15, 0.2) is 0 Å². The van der Waals surface area contributed by atoms with Crippen LogP contribution < -0.4 is 20.7 Å². The Morgan fingerprint density at radius 1 is 1.27 bits per heavy atom. The largest absolute Gasteiger partial charge is 0.497 e. The standard InChI is InChI=1S/C22H24FN3O4/c1-30-19-4-2-3-18(11-19)26-13-16(10-20(26)27)22(29)25-12-15(21(24)28)9-14-5-7-17(23)8-6-14/h2-8,11,15-16H,9-10,12-13H2,1H3,(H2,24,28)(H,25,29). The van der Waals surface area contributed by atoms with Crippen molar-refractivity contribution in [3.05, 3.63) is 59.9 Å². The number of anilines is 1. The predicted octanol–water partition coefficient (Wildman–Crippen LogP) is 1.65. The van der Waals surface area contributed by atoms with Crippen LogP contribution in [0.5, 0.6) is 5.75 Å². The molecule has 3 N–H and O–H groups in total. The summed E-state index contributed by atoms with van der Waals surface area (Å²) >= 11 is 0. The van der Waals surface area contributed by atoms with E-state index in [0.29, 0.717) is 11.4 Å². The van der Waals surface area contributed by atoms with E-state index >= 15 is 0 Å². The zero-order valence-electron chi connectivity index (χ0n) is 16.6. The van der Waals surface area contributed by atoms with Crippen LogP contribution in [0.4, 0.5) is 10.1 Å². The number of nitrogens with zero attached hydrogens (tertiary/aromatic N) is 1. The van der Waals surface area contributed by atoms with E-state index in [1.54, 1.807) is 48.4 Å². The van der Waals surface area contributed by atoms with Gasteiger partial charge >= 0.3 is 0 Å². The van der Waals surface area contributed by atoms with Crippen molar-refractivity contribution in [3.63, 3.8) is 0 Å². The second-order valence-corrected chi connectivity index (χ2v) is 7.28. The van der Waals surface area contributed by atoms with Crippen molar-refractivity contribution in [2.24, 2.45) is 17.6 Å². The zero-order valence-corrected chi connectivity index (χ0v) is 16.6. The first-order valence-corrected chi connectivity index (χ1v) is 9.63. The van der Waals surface area contributed by atoms with Gasteiger partial charge in [0.1, 0.15) is 11.6 Å². The van der Waals surface area contributed by atoms with E-state index in [2.05, 4.69) is 5.32 Å². The summed E-state index contributed by atoms with van der Waals surface area (Å²) in [5.74, 6) is -1.91. The maximum absolute atomic E-state index is 13.1. The van der Waals surface area contributed by atoms with Crippen molar-refractivity contribution in [2.45, 2.75) is 12.8 Å². The van der Waals surface area contributed by atoms with Gasteiger partial charge in [0.25, 0.3) is 0 Å². The summed E-state index contributed by atoms with van der Waals surface area (Å²) < 4.78 is 18.2. The molecule has 1 heterocycles. The highest BCUT2D eigenvalue weighted by atomic mass is 19.1. The zero-order chi connectivity index (χ0) is 21.7. The number of carbonyl (C=O) groups is 3. The molecule has 7 nitrogen and oxygen atoms in total. The van der Waals surface area contributed by atoms with Gasteiger partial charge in [0.05, 0.1) is 18.9 Å². The number of benzene rings is 2. The van der Waals surface area contributed by atoms with Gasteiger partial charge in [-0.1, -0.05) is 18.2 Å². The number of primary amides is 1. The molecule has 0 saturated carbocycles. The number of halogens is 1. The fourth-order valence-corrected chi connectivity index (χ4v) is 3.46. The number of nitrogens with two attached hydrogens (primary N) is 1. The summed E-state index contributed by atoms with van der Waals surface area (Å²) in [6.45, 7) is 0.298. The first-order chi connectivity index (χ1) is 14.4. The van der Waals surface area contributed by atoms with Crippen molar-refractivity contribution in [3.8, 4) is 5.75 Å². The normalized spacial score (nSPS) is 16.9. The second-order valence-electron chi connectivity index (χ2n) is 7.28. The van der Waals surface area contributed by atoms with Crippen molar-refractivity contribution in [1.29, 1.82) is 0 Å². The summed E-state index contributed by atoms with van der Waals surface area (Å²) in [5.41, 5.74) is 6.88. The lowest BCUT2D eigenvalue weighted by molar-refractivity contribution is -0.127. The molecule has 3 rings (SSSR count). The molecule has 8 heteroatoms. The average molecular weight is 413 g/mol. The van der Waals surface area contributed by atoms with Crippen LogP contribution in [0.2, 0.25) is 0 Å². The molecule has 2 atom stereocenters. The molecule has 0 spiro atoms. The Labute approximate surface area is 174 Å². The van der Waals surface area contributed by atoms with Gasteiger partial charge in [-0.05, 0) is 36.2 Å². The van der Waals surface area contributed by atoms with E-state index in [9.17, 15) is 18.8 Å². The Hall–Kier alpha value is -3.42. The highest BCUT2D eigenvalue weighted by Crippen LogP contribution is 2.28. The highest BCUT2D eigenvalue weighted by molar-refractivity contribution is 6.00. The molecule has 158 valence electrons. The number of carbonyl (C=O) groups excluding carboxylic acids is 3. The quantitative estimate of drug-likeness (QED) is 0.687. The van der Waals surface area contributed by atoms with Crippen LogP contribution in [0, 0.1) is 17.7 Å². The first kappa shape index (κ1) is 21.3. The molecule has 1 aliphatic heterocycles. The molecule has 2 aromatic rings. The number of amides is 3. The Balaban J connectivity index is 1.58. The van der Waals surface area contributed by atoms with Crippen molar-refractivity contribution in [1.82, 2.24) is 5.32 Å². The Morgan fingerprint density at radius 2 is 2.00 bits per heavy atom. The van der Waals surface area contributed by atoms with Crippen molar-refractivity contribution >= 4 is 23.4 Å². The van der Waals surface area contributed by atoms with E-state index in [1.165, 1.54) is 12.1 Å². The minimum Gasteiger partial charge on any atom is -0.497 e. The third-order valence-corrected chi connectivity index (χ3v) is 5.18. The van der Waals surface area contributed by atoms with Gasteiger partial charge in [-0.3, -0.25) is 14.4 Å². The third kappa shape index (κ3) is 5.14. The van der Waals surface area contributed by atoms with Gasteiger partial charge in [-0.15, -0.1) is 0 Å². The first-order valence-electron chi connectivity index (χ1n) is 9.63. The molecule has 2 aromatic carbocycles. The minimum absolute atomic E-state index is 0.0510. The molecule has 30 heavy (non-hydrogen) atoms. The average Bonchev–Trinajstić information content (AvgIpc) is 3.14. The maximum atomic E-state index is 13.1.